The summed E-state index contributed by atoms with van der Waals surface area (Å²) in [4.78, 5) is 11.6. The Balaban J connectivity index is 2.24. The number of carbonyl (C=O) groups is 1. The van der Waals surface area contributed by atoms with Gasteiger partial charge in [0.25, 0.3) is 11.9 Å². The molecule has 0 atom stereocenters. The van der Waals surface area contributed by atoms with Crippen LogP contribution in [-0.4, -0.2) is 36.7 Å². The van der Waals surface area contributed by atoms with E-state index >= 15 is 0 Å². The van der Waals surface area contributed by atoms with Crippen LogP contribution in [0.15, 0.2) is 18.2 Å². The van der Waals surface area contributed by atoms with Crippen molar-refractivity contribution in [2.24, 2.45) is 0 Å². The van der Waals surface area contributed by atoms with Gasteiger partial charge in [0.1, 0.15) is 11.5 Å². The standard InChI is InChI=1S/C8H7N5O3/c14-4-1-2-6(15)5(3-4)7(16)9-8-10-12-13-11-8/h1-3,14-15H,(H2,9,10,11,12,13,16). The first kappa shape index (κ1) is 9.90. The van der Waals surface area contributed by atoms with Gasteiger partial charge in [0, 0.05) is 0 Å². The van der Waals surface area contributed by atoms with E-state index in [1.807, 2.05) is 0 Å². The van der Waals surface area contributed by atoms with Gasteiger partial charge in [-0.05, 0) is 23.4 Å². The fourth-order valence-corrected chi connectivity index (χ4v) is 1.09. The summed E-state index contributed by atoms with van der Waals surface area (Å²) in [5.41, 5.74) is -0.0789. The van der Waals surface area contributed by atoms with Crippen molar-refractivity contribution in [3.05, 3.63) is 23.8 Å². The third-order valence-electron chi connectivity index (χ3n) is 1.80. The van der Waals surface area contributed by atoms with Crippen LogP contribution in [0.3, 0.4) is 0 Å². The van der Waals surface area contributed by atoms with E-state index < -0.39 is 5.91 Å². The molecule has 2 aromatic rings. The molecule has 0 aliphatic heterocycles. The van der Waals surface area contributed by atoms with E-state index in [1.165, 1.54) is 12.1 Å². The Hall–Kier alpha value is -2.64. The van der Waals surface area contributed by atoms with Crippen LogP contribution in [0, 0.1) is 0 Å². The molecule has 0 aliphatic carbocycles. The van der Waals surface area contributed by atoms with Crippen LogP contribution in [0.1, 0.15) is 10.4 Å². The number of nitrogens with zero attached hydrogens (tertiary/aromatic N) is 3. The summed E-state index contributed by atoms with van der Waals surface area (Å²) in [6.45, 7) is 0. The van der Waals surface area contributed by atoms with Crippen molar-refractivity contribution in [1.82, 2.24) is 20.6 Å². The fraction of sp³-hybridized carbons (Fsp3) is 0. The highest BCUT2D eigenvalue weighted by atomic mass is 16.3. The number of aromatic amines is 1. The third-order valence-corrected chi connectivity index (χ3v) is 1.80. The Kier molecular flexibility index (Phi) is 2.38. The molecule has 0 radical (unpaired) electrons. The number of amides is 1. The van der Waals surface area contributed by atoms with Gasteiger partial charge in [0.15, 0.2) is 0 Å². The summed E-state index contributed by atoms with van der Waals surface area (Å²) in [7, 11) is 0. The number of tetrazole rings is 1. The number of benzene rings is 1. The maximum Gasteiger partial charge on any atom is 0.270 e. The van der Waals surface area contributed by atoms with Gasteiger partial charge in [-0.1, -0.05) is 5.10 Å². The van der Waals surface area contributed by atoms with Crippen molar-refractivity contribution < 1.29 is 15.0 Å². The molecule has 16 heavy (non-hydrogen) atoms. The lowest BCUT2D eigenvalue weighted by atomic mass is 10.2. The molecule has 0 saturated carbocycles. The lowest BCUT2D eigenvalue weighted by Crippen LogP contribution is -2.13. The van der Waals surface area contributed by atoms with Crippen molar-refractivity contribution in [2.75, 3.05) is 5.32 Å². The highest BCUT2D eigenvalue weighted by molar-refractivity contribution is 6.05. The third kappa shape index (κ3) is 1.90. The van der Waals surface area contributed by atoms with Gasteiger partial charge in [-0.15, -0.1) is 5.10 Å². The number of nitrogens with one attached hydrogen (secondary N) is 2. The van der Waals surface area contributed by atoms with Crippen molar-refractivity contribution in [3.8, 4) is 11.5 Å². The number of phenols is 2. The number of H-pyrrole nitrogens is 1. The smallest absolute Gasteiger partial charge is 0.270 e. The Morgan fingerprint density at radius 3 is 2.88 bits per heavy atom. The van der Waals surface area contributed by atoms with Gasteiger partial charge in [0.05, 0.1) is 5.56 Å². The van der Waals surface area contributed by atoms with Crippen LogP contribution in [0.2, 0.25) is 0 Å². The second-order valence-corrected chi connectivity index (χ2v) is 2.89. The second kappa shape index (κ2) is 3.85. The number of aromatic hydroxyl groups is 2. The Morgan fingerprint density at radius 1 is 1.38 bits per heavy atom. The maximum absolute atomic E-state index is 11.6. The molecule has 8 nitrogen and oxygen atoms in total. The zero-order valence-electron chi connectivity index (χ0n) is 7.88. The van der Waals surface area contributed by atoms with E-state index in [0.29, 0.717) is 0 Å². The first-order valence-electron chi connectivity index (χ1n) is 4.23. The molecule has 2 rings (SSSR count). The number of aromatic nitrogens is 4. The van der Waals surface area contributed by atoms with Crippen molar-refractivity contribution >= 4 is 11.9 Å². The molecular formula is C8H7N5O3. The summed E-state index contributed by atoms with van der Waals surface area (Å²) in [5, 5.41) is 33.3. The monoisotopic (exact) mass is 221 g/mol. The normalized spacial score (nSPS) is 10.0. The van der Waals surface area contributed by atoms with Crippen LogP contribution in [-0.2, 0) is 0 Å². The molecule has 0 fully saturated rings. The van der Waals surface area contributed by atoms with Gasteiger partial charge in [-0.2, -0.15) is 5.21 Å². The molecule has 0 unspecified atom stereocenters. The van der Waals surface area contributed by atoms with E-state index in [-0.39, 0.29) is 23.0 Å². The van der Waals surface area contributed by atoms with Gasteiger partial charge in [-0.3, -0.25) is 10.1 Å². The molecule has 0 spiro atoms. The Bertz CT molecular complexity index is 510. The number of hydrogen-bond donors (Lipinski definition) is 4. The summed E-state index contributed by atoms with van der Waals surface area (Å²) < 4.78 is 0. The topological polar surface area (TPSA) is 124 Å². The van der Waals surface area contributed by atoms with E-state index in [0.717, 1.165) is 6.07 Å². The molecule has 0 aliphatic rings. The first-order valence-corrected chi connectivity index (χ1v) is 4.23. The van der Waals surface area contributed by atoms with Gasteiger partial charge in [0.2, 0.25) is 0 Å². The average molecular weight is 221 g/mol. The summed E-state index contributed by atoms with van der Waals surface area (Å²) in [6, 6.07) is 3.60. The molecule has 0 saturated heterocycles. The Labute approximate surface area is 88.9 Å². The minimum atomic E-state index is -0.644. The molecule has 1 heterocycles. The number of rotatable bonds is 2. The number of anilines is 1. The van der Waals surface area contributed by atoms with Crippen LogP contribution < -0.4 is 5.32 Å². The quantitative estimate of drug-likeness (QED) is 0.523. The Morgan fingerprint density at radius 2 is 2.19 bits per heavy atom. The van der Waals surface area contributed by atoms with Crippen LogP contribution in [0.25, 0.3) is 0 Å². The molecular weight excluding hydrogens is 214 g/mol. The lowest BCUT2D eigenvalue weighted by Gasteiger charge is -2.03. The largest absolute Gasteiger partial charge is 0.508 e. The minimum Gasteiger partial charge on any atom is -0.508 e. The van der Waals surface area contributed by atoms with E-state index in [9.17, 15) is 15.0 Å². The van der Waals surface area contributed by atoms with Crippen molar-refractivity contribution in [1.29, 1.82) is 0 Å². The molecule has 1 aromatic heterocycles. The van der Waals surface area contributed by atoms with E-state index in [1.54, 1.807) is 0 Å². The second-order valence-electron chi connectivity index (χ2n) is 2.89. The fourth-order valence-electron chi connectivity index (χ4n) is 1.09. The van der Waals surface area contributed by atoms with Gasteiger partial charge in [-0.25, -0.2) is 0 Å². The number of phenolic OH excluding ortho intramolecular Hbond substituents is 2. The number of carbonyl (C=O) groups excluding carboxylic acids is 1. The van der Waals surface area contributed by atoms with Gasteiger partial charge < -0.3 is 10.2 Å². The first-order chi connectivity index (χ1) is 7.66. The summed E-state index contributed by atoms with van der Waals surface area (Å²) >= 11 is 0. The predicted molar refractivity (Wildman–Crippen MR) is 51.9 cm³/mol. The molecule has 1 aromatic carbocycles. The molecule has 4 N–H and O–H groups in total. The van der Waals surface area contributed by atoms with Crippen molar-refractivity contribution in [2.45, 2.75) is 0 Å². The highest BCUT2D eigenvalue weighted by Crippen LogP contribution is 2.22. The van der Waals surface area contributed by atoms with E-state index in [2.05, 4.69) is 25.9 Å². The SMILES string of the molecule is O=C(Nc1nn[nH]n1)c1cc(O)ccc1O. The zero-order valence-corrected chi connectivity index (χ0v) is 7.88. The molecule has 0 bridgehead atoms. The van der Waals surface area contributed by atoms with Crippen molar-refractivity contribution in [3.63, 3.8) is 0 Å². The van der Waals surface area contributed by atoms with Gasteiger partial charge >= 0.3 is 0 Å². The lowest BCUT2D eigenvalue weighted by molar-refractivity contribution is 0.102. The highest BCUT2D eigenvalue weighted by Gasteiger charge is 2.13. The number of hydrogen-bond acceptors (Lipinski definition) is 6. The average Bonchev–Trinajstić information content (AvgIpc) is 2.74. The van der Waals surface area contributed by atoms with E-state index in [4.69, 9.17) is 0 Å². The summed E-state index contributed by atoms with van der Waals surface area (Å²) in [5.74, 6) is -1.04. The molecule has 1 amide bonds. The zero-order chi connectivity index (χ0) is 11.5. The summed E-state index contributed by atoms with van der Waals surface area (Å²) in [6.07, 6.45) is 0. The van der Waals surface area contributed by atoms with Crippen LogP contribution >= 0.6 is 0 Å². The van der Waals surface area contributed by atoms with Crippen LogP contribution in [0.4, 0.5) is 5.95 Å². The predicted octanol–water partition coefficient (Wildman–Crippen LogP) is -0.137. The van der Waals surface area contributed by atoms with Crippen LogP contribution in [0.5, 0.6) is 11.5 Å². The minimum absolute atomic E-state index is 0.0206. The maximum atomic E-state index is 11.6. The molecule has 8 heteroatoms. The molecule has 82 valence electrons.